The van der Waals surface area contributed by atoms with Crippen molar-refractivity contribution < 1.29 is 9.47 Å². The molecule has 0 aliphatic carbocycles. The van der Waals surface area contributed by atoms with E-state index in [9.17, 15) is 0 Å². The monoisotopic (exact) mass is 263 g/mol. The van der Waals surface area contributed by atoms with Crippen molar-refractivity contribution in [2.24, 2.45) is 11.7 Å². The molecule has 1 aliphatic rings. The van der Waals surface area contributed by atoms with E-state index in [1.54, 1.807) is 0 Å². The van der Waals surface area contributed by atoms with Crippen LogP contribution in [-0.4, -0.2) is 25.9 Å². The van der Waals surface area contributed by atoms with Gasteiger partial charge in [0.05, 0.1) is 19.3 Å². The average Bonchev–Trinajstić information content (AvgIpc) is 2.34. The molecule has 19 heavy (non-hydrogen) atoms. The molecule has 1 saturated heterocycles. The van der Waals surface area contributed by atoms with E-state index in [2.05, 4.69) is 19.1 Å². The van der Waals surface area contributed by atoms with Gasteiger partial charge >= 0.3 is 0 Å². The van der Waals surface area contributed by atoms with Gasteiger partial charge < -0.3 is 15.2 Å². The van der Waals surface area contributed by atoms with Gasteiger partial charge in [0.25, 0.3) is 0 Å². The molecule has 0 bridgehead atoms. The minimum Gasteiger partial charge on any atom is -0.491 e. The maximum absolute atomic E-state index is 6.01. The summed E-state index contributed by atoms with van der Waals surface area (Å²) in [6, 6.07) is 8.37. The molecule has 1 aromatic carbocycles. The Morgan fingerprint density at radius 3 is 2.37 bits per heavy atom. The van der Waals surface area contributed by atoms with E-state index in [-0.39, 0.29) is 11.5 Å². The third kappa shape index (κ3) is 3.48. The first-order chi connectivity index (χ1) is 9.03. The predicted octanol–water partition coefficient (Wildman–Crippen LogP) is 2.73. The molecule has 1 heterocycles. The Kier molecular flexibility index (Phi) is 4.48. The molecule has 0 amide bonds. The second-order valence-corrected chi connectivity index (χ2v) is 6.06. The van der Waals surface area contributed by atoms with Crippen molar-refractivity contribution in [1.82, 2.24) is 0 Å². The lowest BCUT2D eigenvalue weighted by molar-refractivity contribution is -0.0441. The van der Waals surface area contributed by atoms with Gasteiger partial charge in [-0.1, -0.05) is 19.1 Å². The maximum Gasteiger partial charge on any atom is 0.119 e. The van der Waals surface area contributed by atoms with E-state index in [0.717, 1.165) is 25.4 Å². The summed E-state index contributed by atoms with van der Waals surface area (Å²) in [6.07, 6.45) is 1.30. The third-order valence-electron chi connectivity index (χ3n) is 3.82. The number of rotatable bonds is 6. The zero-order valence-corrected chi connectivity index (χ0v) is 12.2. The van der Waals surface area contributed by atoms with Crippen LogP contribution in [0, 0.1) is 5.92 Å². The fourth-order valence-corrected chi connectivity index (χ4v) is 2.57. The van der Waals surface area contributed by atoms with Crippen molar-refractivity contribution in [2.75, 3.05) is 19.8 Å². The van der Waals surface area contributed by atoms with Crippen molar-refractivity contribution in [2.45, 2.75) is 38.7 Å². The number of benzene rings is 1. The minimum atomic E-state index is 0.0325. The SMILES string of the molecule is CC(C)Oc1ccc(C(C)(CN)CC2COC2)cc1. The summed E-state index contributed by atoms with van der Waals surface area (Å²) >= 11 is 0. The second-order valence-electron chi connectivity index (χ2n) is 6.06. The van der Waals surface area contributed by atoms with E-state index >= 15 is 0 Å². The van der Waals surface area contributed by atoms with Gasteiger partial charge in [0.1, 0.15) is 5.75 Å². The van der Waals surface area contributed by atoms with Gasteiger partial charge in [0.2, 0.25) is 0 Å². The van der Waals surface area contributed by atoms with E-state index in [1.807, 2.05) is 26.0 Å². The quantitative estimate of drug-likeness (QED) is 0.858. The predicted molar refractivity (Wildman–Crippen MR) is 77.5 cm³/mol. The molecule has 3 heteroatoms. The molecule has 106 valence electrons. The fourth-order valence-electron chi connectivity index (χ4n) is 2.57. The molecule has 2 rings (SSSR count). The number of hydrogen-bond acceptors (Lipinski definition) is 3. The molecule has 1 aliphatic heterocycles. The Balaban J connectivity index is 2.08. The van der Waals surface area contributed by atoms with E-state index < -0.39 is 0 Å². The molecule has 1 aromatic rings. The topological polar surface area (TPSA) is 44.5 Å². The molecular weight excluding hydrogens is 238 g/mol. The highest BCUT2D eigenvalue weighted by Gasteiger charge is 2.32. The van der Waals surface area contributed by atoms with Crippen LogP contribution in [0.5, 0.6) is 5.75 Å². The summed E-state index contributed by atoms with van der Waals surface area (Å²) in [5.74, 6) is 1.57. The Morgan fingerprint density at radius 1 is 1.32 bits per heavy atom. The van der Waals surface area contributed by atoms with Gasteiger partial charge in [0, 0.05) is 17.9 Å². The Hall–Kier alpha value is -1.06. The van der Waals surface area contributed by atoms with Crippen LogP contribution in [0.3, 0.4) is 0 Å². The first kappa shape index (κ1) is 14.4. The van der Waals surface area contributed by atoms with Crippen molar-refractivity contribution in [3.05, 3.63) is 29.8 Å². The van der Waals surface area contributed by atoms with Crippen molar-refractivity contribution in [3.8, 4) is 5.75 Å². The standard InChI is InChI=1S/C16H25NO2/c1-12(2)19-15-6-4-14(5-7-15)16(3,11-17)8-13-9-18-10-13/h4-7,12-13H,8-11,17H2,1-3H3. The molecule has 0 spiro atoms. The molecule has 0 radical (unpaired) electrons. The Morgan fingerprint density at radius 2 is 1.95 bits per heavy atom. The van der Waals surface area contributed by atoms with Gasteiger partial charge in [-0.3, -0.25) is 0 Å². The van der Waals surface area contributed by atoms with Gasteiger partial charge in [-0.25, -0.2) is 0 Å². The summed E-state index contributed by atoms with van der Waals surface area (Å²) in [5.41, 5.74) is 7.34. The first-order valence-electron chi connectivity index (χ1n) is 7.08. The van der Waals surface area contributed by atoms with E-state index in [4.69, 9.17) is 15.2 Å². The summed E-state index contributed by atoms with van der Waals surface area (Å²) in [7, 11) is 0. The van der Waals surface area contributed by atoms with Gasteiger partial charge in [0.15, 0.2) is 0 Å². The van der Waals surface area contributed by atoms with Crippen LogP contribution in [0.1, 0.15) is 32.8 Å². The molecule has 1 atom stereocenters. The molecule has 2 N–H and O–H groups in total. The highest BCUT2D eigenvalue weighted by molar-refractivity contribution is 5.32. The lowest BCUT2D eigenvalue weighted by Gasteiger charge is -2.36. The lowest BCUT2D eigenvalue weighted by Crippen LogP contribution is -2.39. The highest BCUT2D eigenvalue weighted by atomic mass is 16.5. The van der Waals surface area contributed by atoms with E-state index in [0.29, 0.717) is 12.5 Å². The number of nitrogens with two attached hydrogens (primary N) is 1. The summed E-state index contributed by atoms with van der Waals surface area (Å²) in [4.78, 5) is 0. The maximum atomic E-state index is 6.01. The van der Waals surface area contributed by atoms with Crippen molar-refractivity contribution in [1.29, 1.82) is 0 Å². The molecule has 3 nitrogen and oxygen atoms in total. The summed E-state index contributed by atoms with van der Waals surface area (Å²) in [5, 5.41) is 0. The molecule has 1 fully saturated rings. The second kappa shape index (κ2) is 5.93. The molecule has 1 unspecified atom stereocenters. The third-order valence-corrected chi connectivity index (χ3v) is 3.82. The van der Waals surface area contributed by atoms with Gasteiger partial charge in [-0.2, -0.15) is 0 Å². The zero-order valence-electron chi connectivity index (χ0n) is 12.2. The van der Waals surface area contributed by atoms with Gasteiger partial charge in [-0.05, 0) is 38.0 Å². The average molecular weight is 263 g/mol. The molecular formula is C16H25NO2. The normalized spacial score (nSPS) is 19.0. The van der Waals surface area contributed by atoms with Crippen LogP contribution in [0.15, 0.2) is 24.3 Å². The molecule has 0 saturated carbocycles. The number of hydrogen-bond donors (Lipinski definition) is 1. The van der Waals surface area contributed by atoms with Crippen LogP contribution < -0.4 is 10.5 Å². The largest absolute Gasteiger partial charge is 0.491 e. The van der Waals surface area contributed by atoms with Crippen LogP contribution in [0.2, 0.25) is 0 Å². The number of ether oxygens (including phenoxy) is 2. The van der Waals surface area contributed by atoms with Crippen molar-refractivity contribution in [3.63, 3.8) is 0 Å². The first-order valence-corrected chi connectivity index (χ1v) is 7.08. The van der Waals surface area contributed by atoms with Gasteiger partial charge in [-0.15, -0.1) is 0 Å². The minimum absolute atomic E-state index is 0.0325. The lowest BCUT2D eigenvalue weighted by atomic mass is 9.75. The zero-order chi connectivity index (χ0) is 13.9. The van der Waals surface area contributed by atoms with Crippen LogP contribution in [-0.2, 0) is 10.2 Å². The highest BCUT2D eigenvalue weighted by Crippen LogP contribution is 2.33. The van der Waals surface area contributed by atoms with E-state index in [1.165, 1.54) is 5.56 Å². The summed E-state index contributed by atoms with van der Waals surface area (Å²) < 4.78 is 10.9. The summed E-state index contributed by atoms with van der Waals surface area (Å²) in [6.45, 7) is 8.73. The van der Waals surface area contributed by atoms with Crippen LogP contribution >= 0.6 is 0 Å². The van der Waals surface area contributed by atoms with Crippen LogP contribution in [0.25, 0.3) is 0 Å². The fraction of sp³-hybridized carbons (Fsp3) is 0.625. The Bertz CT molecular complexity index is 398. The Labute approximate surface area is 116 Å². The van der Waals surface area contributed by atoms with Crippen LogP contribution in [0.4, 0.5) is 0 Å². The smallest absolute Gasteiger partial charge is 0.119 e. The molecule has 0 aromatic heterocycles. The van der Waals surface area contributed by atoms with Crippen molar-refractivity contribution >= 4 is 0 Å².